The van der Waals surface area contributed by atoms with E-state index in [1.807, 2.05) is 19.1 Å². The number of urea groups is 1. The van der Waals surface area contributed by atoms with E-state index >= 15 is 0 Å². The van der Waals surface area contributed by atoms with Crippen LogP contribution in [-0.2, 0) is 4.79 Å². The van der Waals surface area contributed by atoms with Crippen molar-refractivity contribution in [2.45, 2.75) is 26.3 Å². The number of hydrogen-bond acceptors (Lipinski definition) is 2. The first-order chi connectivity index (χ1) is 8.86. The number of aryl methyl sites for hydroxylation is 1. The topological polar surface area (TPSA) is 69.6 Å². The molecule has 1 atom stereocenters. The number of amides is 2. The Bertz CT molecular complexity index is 491. The van der Waals surface area contributed by atoms with Crippen LogP contribution in [0.4, 0.5) is 10.5 Å². The summed E-state index contributed by atoms with van der Waals surface area (Å²) in [6, 6.07) is 4.15. The summed E-state index contributed by atoms with van der Waals surface area (Å²) in [7, 11) is 1.48. The number of nitrogens with one attached hydrogen (secondary N) is 1. The van der Waals surface area contributed by atoms with Crippen molar-refractivity contribution < 1.29 is 14.7 Å². The zero-order valence-electron chi connectivity index (χ0n) is 11.1. The van der Waals surface area contributed by atoms with Crippen LogP contribution in [0.5, 0.6) is 0 Å². The summed E-state index contributed by atoms with van der Waals surface area (Å²) in [6.45, 7) is 3.64. The second kappa shape index (κ2) is 6.56. The van der Waals surface area contributed by atoms with Gasteiger partial charge in [-0.15, -0.1) is 0 Å². The van der Waals surface area contributed by atoms with Crippen LogP contribution >= 0.6 is 15.9 Å². The Morgan fingerprint density at radius 3 is 2.58 bits per heavy atom. The van der Waals surface area contributed by atoms with E-state index in [0.29, 0.717) is 12.1 Å². The quantitative estimate of drug-likeness (QED) is 0.892. The van der Waals surface area contributed by atoms with Crippen LogP contribution in [0.1, 0.15) is 18.9 Å². The molecule has 0 aromatic heterocycles. The first-order valence-electron chi connectivity index (χ1n) is 5.89. The molecule has 1 rings (SSSR count). The summed E-state index contributed by atoms with van der Waals surface area (Å²) in [6.07, 6.45) is 0.360. The van der Waals surface area contributed by atoms with Gasteiger partial charge in [0.15, 0.2) is 0 Å². The lowest BCUT2D eigenvalue weighted by Gasteiger charge is -2.24. The predicted molar refractivity (Wildman–Crippen MR) is 77.4 cm³/mol. The number of aliphatic carboxylic acids is 1. The fourth-order valence-electron chi connectivity index (χ4n) is 1.69. The highest BCUT2D eigenvalue weighted by Gasteiger charge is 2.24. The highest BCUT2D eigenvalue weighted by Crippen LogP contribution is 2.20. The van der Waals surface area contributed by atoms with Gasteiger partial charge in [0.1, 0.15) is 6.04 Å². The van der Waals surface area contributed by atoms with Crippen molar-refractivity contribution >= 4 is 33.6 Å². The summed E-state index contributed by atoms with van der Waals surface area (Å²) < 4.78 is 0.954. The first kappa shape index (κ1) is 15.5. The molecule has 0 aliphatic carbocycles. The molecule has 0 saturated carbocycles. The maximum Gasteiger partial charge on any atom is 0.326 e. The number of anilines is 1. The van der Waals surface area contributed by atoms with E-state index in [9.17, 15) is 9.59 Å². The SMILES string of the molecule is CCC(C(=O)O)N(C)C(=O)Nc1ccc(Br)c(C)c1. The van der Waals surface area contributed by atoms with Gasteiger partial charge in [-0.2, -0.15) is 0 Å². The van der Waals surface area contributed by atoms with Gasteiger partial charge in [0.05, 0.1) is 0 Å². The maximum atomic E-state index is 12.0. The number of carbonyl (C=O) groups is 2. The molecule has 0 fully saturated rings. The zero-order chi connectivity index (χ0) is 14.6. The van der Waals surface area contributed by atoms with Crippen LogP contribution in [0.15, 0.2) is 22.7 Å². The lowest BCUT2D eigenvalue weighted by atomic mass is 10.2. The van der Waals surface area contributed by atoms with Crippen LogP contribution < -0.4 is 5.32 Å². The molecule has 0 heterocycles. The molecule has 6 heteroatoms. The van der Waals surface area contributed by atoms with Crippen LogP contribution in [0, 0.1) is 6.92 Å². The Hall–Kier alpha value is -1.56. The number of likely N-dealkylation sites (N-methyl/N-ethyl adjacent to an activating group) is 1. The van der Waals surface area contributed by atoms with Crippen molar-refractivity contribution in [1.29, 1.82) is 0 Å². The number of benzene rings is 1. The zero-order valence-corrected chi connectivity index (χ0v) is 12.7. The van der Waals surface area contributed by atoms with Gasteiger partial charge in [-0.05, 0) is 37.1 Å². The predicted octanol–water partition coefficient (Wildman–Crippen LogP) is 3.08. The van der Waals surface area contributed by atoms with Crippen LogP contribution in [-0.4, -0.2) is 35.1 Å². The van der Waals surface area contributed by atoms with Gasteiger partial charge >= 0.3 is 12.0 Å². The van der Waals surface area contributed by atoms with Gasteiger partial charge in [-0.1, -0.05) is 22.9 Å². The minimum absolute atomic E-state index is 0.360. The summed E-state index contributed by atoms with van der Waals surface area (Å²) >= 11 is 3.38. The molecule has 104 valence electrons. The number of carboxylic acids is 1. The van der Waals surface area contributed by atoms with E-state index in [2.05, 4.69) is 21.2 Å². The molecule has 0 saturated heterocycles. The standard InChI is InChI=1S/C13H17BrN2O3/c1-4-11(12(17)18)16(3)13(19)15-9-5-6-10(14)8(2)7-9/h5-7,11H,4H2,1-3H3,(H,15,19)(H,17,18). The van der Waals surface area contributed by atoms with E-state index in [4.69, 9.17) is 5.11 Å². The molecule has 0 aliphatic rings. The monoisotopic (exact) mass is 328 g/mol. The highest BCUT2D eigenvalue weighted by atomic mass is 79.9. The lowest BCUT2D eigenvalue weighted by Crippen LogP contribution is -2.44. The van der Waals surface area contributed by atoms with Crippen molar-refractivity contribution in [2.24, 2.45) is 0 Å². The Morgan fingerprint density at radius 2 is 2.11 bits per heavy atom. The highest BCUT2D eigenvalue weighted by molar-refractivity contribution is 9.10. The van der Waals surface area contributed by atoms with Gasteiger partial charge in [-0.25, -0.2) is 9.59 Å². The van der Waals surface area contributed by atoms with Crippen molar-refractivity contribution in [3.8, 4) is 0 Å². The Balaban J connectivity index is 2.78. The fraction of sp³-hybridized carbons (Fsp3) is 0.385. The Morgan fingerprint density at radius 1 is 1.47 bits per heavy atom. The van der Waals surface area contributed by atoms with Crippen LogP contribution in [0.2, 0.25) is 0 Å². The molecule has 0 aliphatic heterocycles. The molecule has 5 nitrogen and oxygen atoms in total. The molecule has 2 N–H and O–H groups in total. The summed E-state index contributed by atoms with van der Waals surface area (Å²) in [5.41, 5.74) is 1.63. The molecular weight excluding hydrogens is 312 g/mol. The lowest BCUT2D eigenvalue weighted by molar-refractivity contribution is -0.141. The van der Waals surface area contributed by atoms with Gasteiger partial charge < -0.3 is 15.3 Å². The number of nitrogens with zero attached hydrogens (tertiary/aromatic N) is 1. The van der Waals surface area contributed by atoms with Crippen LogP contribution in [0.3, 0.4) is 0 Å². The summed E-state index contributed by atoms with van der Waals surface area (Å²) in [4.78, 5) is 24.1. The molecule has 1 unspecified atom stereocenters. The molecule has 0 radical (unpaired) electrons. The summed E-state index contributed by atoms with van der Waals surface area (Å²) in [5, 5.41) is 11.7. The average molecular weight is 329 g/mol. The van der Waals surface area contributed by atoms with E-state index < -0.39 is 18.0 Å². The van der Waals surface area contributed by atoms with Crippen molar-refractivity contribution in [1.82, 2.24) is 4.90 Å². The van der Waals surface area contributed by atoms with Gasteiger partial charge in [-0.3, -0.25) is 0 Å². The number of rotatable bonds is 4. The normalized spacial score (nSPS) is 11.8. The number of carbonyl (C=O) groups excluding carboxylic acids is 1. The minimum Gasteiger partial charge on any atom is -0.480 e. The first-order valence-corrected chi connectivity index (χ1v) is 6.68. The molecule has 0 bridgehead atoms. The third-order valence-electron chi connectivity index (χ3n) is 2.87. The smallest absolute Gasteiger partial charge is 0.326 e. The number of hydrogen-bond donors (Lipinski definition) is 2. The van der Waals surface area contributed by atoms with E-state index in [1.54, 1.807) is 13.0 Å². The molecule has 0 spiro atoms. The number of carboxylic acid groups (broad SMARTS) is 1. The third-order valence-corrected chi connectivity index (χ3v) is 3.76. The van der Waals surface area contributed by atoms with Gasteiger partial charge in [0.25, 0.3) is 0 Å². The molecule has 19 heavy (non-hydrogen) atoms. The van der Waals surface area contributed by atoms with E-state index in [-0.39, 0.29) is 0 Å². The third kappa shape index (κ3) is 3.96. The second-order valence-electron chi connectivity index (χ2n) is 4.27. The Kier molecular flexibility index (Phi) is 5.35. The minimum atomic E-state index is -1.01. The second-order valence-corrected chi connectivity index (χ2v) is 5.12. The van der Waals surface area contributed by atoms with Crippen molar-refractivity contribution in [3.05, 3.63) is 28.2 Å². The molecule has 2 amide bonds. The van der Waals surface area contributed by atoms with Gasteiger partial charge in [0, 0.05) is 17.2 Å². The largest absolute Gasteiger partial charge is 0.480 e. The van der Waals surface area contributed by atoms with Crippen molar-refractivity contribution in [2.75, 3.05) is 12.4 Å². The molecule has 1 aromatic carbocycles. The number of halogens is 1. The molecule has 1 aromatic rings. The van der Waals surface area contributed by atoms with E-state index in [1.165, 1.54) is 11.9 Å². The molecular formula is C13H17BrN2O3. The maximum absolute atomic E-state index is 12.0. The summed E-state index contributed by atoms with van der Waals surface area (Å²) in [5.74, 6) is -1.01. The van der Waals surface area contributed by atoms with Crippen molar-refractivity contribution in [3.63, 3.8) is 0 Å². The average Bonchev–Trinajstić information content (AvgIpc) is 2.34. The fourth-order valence-corrected chi connectivity index (χ4v) is 1.94. The van der Waals surface area contributed by atoms with Crippen LogP contribution in [0.25, 0.3) is 0 Å². The van der Waals surface area contributed by atoms with Gasteiger partial charge in [0.2, 0.25) is 0 Å². The Labute approximate surface area is 120 Å². The van der Waals surface area contributed by atoms with E-state index in [0.717, 1.165) is 10.0 Å².